The number of sulfonamides is 1. The summed E-state index contributed by atoms with van der Waals surface area (Å²) in [4.78, 5) is 26.9. The number of amides is 2. The molecule has 4 rings (SSSR count). The van der Waals surface area contributed by atoms with Gasteiger partial charge in [0, 0.05) is 18.8 Å². The van der Waals surface area contributed by atoms with E-state index in [0.29, 0.717) is 24.5 Å². The second-order valence-electron chi connectivity index (χ2n) is 7.89. The largest absolute Gasteiger partial charge is 0.373 e. The lowest BCUT2D eigenvalue weighted by molar-refractivity contribution is -0.121. The van der Waals surface area contributed by atoms with Gasteiger partial charge in [-0.25, -0.2) is 13.3 Å². The molecule has 1 atom stereocenters. The van der Waals surface area contributed by atoms with Gasteiger partial charge in [0.1, 0.15) is 6.04 Å². The molecule has 0 aliphatic carbocycles. The Morgan fingerprint density at radius 2 is 1.63 bits per heavy atom. The zero-order valence-corrected chi connectivity index (χ0v) is 17.9. The van der Waals surface area contributed by atoms with E-state index in [1.807, 2.05) is 26.0 Å². The summed E-state index contributed by atoms with van der Waals surface area (Å²) in [6, 6.07) is 11.3. The highest BCUT2D eigenvalue weighted by atomic mass is 32.2. The standard InChI is InChI=1S/C22H25N3O4S/c1-15-5-10-20(16(2)13-15)25-21(26)14-19(22(25)27)23-17-6-8-18(9-7-17)30(28,29)24-11-3-4-12-24/h5-10,13,19,23H,3-4,11-12,14H2,1-2H3/t19-/m1/s1. The Labute approximate surface area is 176 Å². The van der Waals surface area contributed by atoms with E-state index in [4.69, 9.17) is 0 Å². The molecule has 30 heavy (non-hydrogen) atoms. The monoisotopic (exact) mass is 427 g/mol. The first-order chi connectivity index (χ1) is 14.3. The number of imide groups is 1. The third kappa shape index (κ3) is 3.73. The summed E-state index contributed by atoms with van der Waals surface area (Å²) in [5.74, 6) is -0.557. The summed E-state index contributed by atoms with van der Waals surface area (Å²) in [6.07, 6.45) is 1.82. The molecule has 158 valence electrons. The third-order valence-corrected chi connectivity index (χ3v) is 7.55. The van der Waals surface area contributed by atoms with Gasteiger partial charge in [0.15, 0.2) is 0 Å². The molecule has 2 aromatic carbocycles. The Bertz CT molecular complexity index is 1090. The number of carbonyl (C=O) groups is 2. The van der Waals surface area contributed by atoms with Gasteiger partial charge >= 0.3 is 0 Å². The number of rotatable bonds is 5. The minimum Gasteiger partial charge on any atom is -0.373 e. The highest BCUT2D eigenvalue weighted by Crippen LogP contribution is 2.29. The maximum atomic E-state index is 12.9. The fourth-order valence-electron chi connectivity index (χ4n) is 4.06. The van der Waals surface area contributed by atoms with Crippen LogP contribution in [0.15, 0.2) is 47.4 Å². The molecular formula is C22H25N3O4S. The molecule has 0 radical (unpaired) electrons. The highest BCUT2D eigenvalue weighted by Gasteiger charge is 2.40. The molecule has 2 aliphatic rings. The lowest BCUT2D eigenvalue weighted by Gasteiger charge is -2.19. The molecular weight excluding hydrogens is 402 g/mol. The fraction of sp³-hybridized carbons (Fsp3) is 0.364. The van der Waals surface area contributed by atoms with E-state index in [2.05, 4.69) is 5.32 Å². The summed E-state index contributed by atoms with van der Waals surface area (Å²) < 4.78 is 26.8. The lowest BCUT2D eigenvalue weighted by atomic mass is 10.1. The average Bonchev–Trinajstić information content (AvgIpc) is 3.33. The van der Waals surface area contributed by atoms with Gasteiger partial charge in [0.2, 0.25) is 15.9 Å². The molecule has 2 aliphatic heterocycles. The van der Waals surface area contributed by atoms with Crippen LogP contribution in [0.1, 0.15) is 30.4 Å². The van der Waals surface area contributed by atoms with Crippen LogP contribution in [0, 0.1) is 13.8 Å². The maximum absolute atomic E-state index is 12.9. The minimum atomic E-state index is -3.48. The van der Waals surface area contributed by atoms with Crippen molar-refractivity contribution in [2.45, 2.75) is 44.0 Å². The van der Waals surface area contributed by atoms with Gasteiger partial charge in [-0.1, -0.05) is 17.7 Å². The molecule has 0 spiro atoms. The van der Waals surface area contributed by atoms with Gasteiger partial charge in [-0.15, -0.1) is 0 Å². The topological polar surface area (TPSA) is 86.8 Å². The van der Waals surface area contributed by atoms with Crippen LogP contribution in [0.25, 0.3) is 0 Å². The van der Waals surface area contributed by atoms with Crippen molar-refractivity contribution in [1.82, 2.24) is 4.31 Å². The molecule has 0 saturated carbocycles. The zero-order valence-electron chi connectivity index (χ0n) is 17.1. The van der Waals surface area contributed by atoms with Crippen molar-refractivity contribution >= 4 is 33.2 Å². The highest BCUT2D eigenvalue weighted by molar-refractivity contribution is 7.89. The van der Waals surface area contributed by atoms with Crippen LogP contribution in [-0.2, 0) is 19.6 Å². The van der Waals surface area contributed by atoms with Gasteiger partial charge in [-0.2, -0.15) is 4.31 Å². The van der Waals surface area contributed by atoms with E-state index in [1.54, 1.807) is 30.3 Å². The van der Waals surface area contributed by atoms with Crippen LogP contribution in [-0.4, -0.2) is 43.7 Å². The summed E-state index contributed by atoms with van der Waals surface area (Å²) in [7, 11) is -3.48. The van der Waals surface area contributed by atoms with Crippen molar-refractivity contribution in [2.24, 2.45) is 0 Å². The van der Waals surface area contributed by atoms with Crippen LogP contribution in [0.2, 0.25) is 0 Å². The van der Waals surface area contributed by atoms with E-state index in [-0.39, 0.29) is 23.1 Å². The number of hydrogen-bond acceptors (Lipinski definition) is 5. The van der Waals surface area contributed by atoms with Crippen LogP contribution in [0.3, 0.4) is 0 Å². The van der Waals surface area contributed by atoms with Crippen molar-refractivity contribution in [1.29, 1.82) is 0 Å². The van der Waals surface area contributed by atoms with E-state index in [0.717, 1.165) is 24.0 Å². The predicted molar refractivity (Wildman–Crippen MR) is 115 cm³/mol. The summed E-state index contributed by atoms with van der Waals surface area (Å²) in [5, 5.41) is 3.08. The predicted octanol–water partition coefficient (Wildman–Crippen LogP) is 2.83. The normalized spacial score (nSPS) is 20.2. The summed E-state index contributed by atoms with van der Waals surface area (Å²) in [6.45, 7) is 4.94. The Kier molecular flexibility index (Phi) is 5.38. The summed E-state index contributed by atoms with van der Waals surface area (Å²) >= 11 is 0. The Morgan fingerprint density at radius 3 is 2.27 bits per heavy atom. The molecule has 8 heteroatoms. The Morgan fingerprint density at radius 1 is 0.967 bits per heavy atom. The van der Waals surface area contributed by atoms with Gasteiger partial charge < -0.3 is 5.32 Å². The Balaban J connectivity index is 1.49. The number of benzene rings is 2. The molecule has 1 N–H and O–H groups in total. The number of nitrogens with one attached hydrogen (secondary N) is 1. The van der Waals surface area contributed by atoms with E-state index in [1.165, 1.54) is 9.21 Å². The second-order valence-corrected chi connectivity index (χ2v) is 9.83. The van der Waals surface area contributed by atoms with Crippen molar-refractivity contribution in [3.05, 3.63) is 53.6 Å². The van der Waals surface area contributed by atoms with Gasteiger partial charge in [-0.05, 0) is 62.6 Å². The van der Waals surface area contributed by atoms with Crippen LogP contribution in [0.4, 0.5) is 11.4 Å². The molecule has 2 fully saturated rings. The van der Waals surface area contributed by atoms with E-state index >= 15 is 0 Å². The number of hydrogen-bond donors (Lipinski definition) is 1. The van der Waals surface area contributed by atoms with Gasteiger partial charge in [0.05, 0.1) is 17.0 Å². The molecule has 2 aromatic rings. The van der Waals surface area contributed by atoms with Gasteiger partial charge in [-0.3, -0.25) is 9.59 Å². The molecule has 7 nitrogen and oxygen atoms in total. The molecule has 2 heterocycles. The SMILES string of the molecule is Cc1ccc(N2C(=O)C[C@@H](Nc3ccc(S(=O)(=O)N4CCCC4)cc3)C2=O)c(C)c1. The van der Waals surface area contributed by atoms with E-state index < -0.39 is 16.1 Å². The van der Waals surface area contributed by atoms with Crippen LogP contribution >= 0.6 is 0 Å². The van der Waals surface area contributed by atoms with Crippen molar-refractivity contribution in [3.63, 3.8) is 0 Å². The fourth-order valence-corrected chi connectivity index (χ4v) is 5.57. The lowest BCUT2D eigenvalue weighted by Crippen LogP contribution is -2.35. The van der Waals surface area contributed by atoms with E-state index in [9.17, 15) is 18.0 Å². The number of anilines is 2. The molecule has 2 amide bonds. The number of nitrogens with zero attached hydrogens (tertiary/aromatic N) is 2. The smallest absolute Gasteiger partial charge is 0.256 e. The third-order valence-electron chi connectivity index (χ3n) is 5.64. The average molecular weight is 428 g/mol. The van der Waals surface area contributed by atoms with Crippen LogP contribution < -0.4 is 10.2 Å². The minimum absolute atomic E-state index is 0.0555. The van der Waals surface area contributed by atoms with Crippen molar-refractivity contribution in [3.8, 4) is 0 Å². The molecule has 2 saturated heterocycles. The number of aryl methyl sites for hydroxylation is 2. The molecule has 0 unspecified atom stereocenters. The summed E-state index contributed by atoms with van der Waals surface area (Å²) in [5.41, 5.74) is 3.14. The first-order valence-corrected chi connectivity index (χ1v) is 11.5. The molecule has 0 aromatic heterocycles. The quantitative estimate of drug-likeness (QED) is 0.742. The van der Waals surface area contributed by atoms with Crippen molar-refractivity contribution in [2.75, 3.05) is 23.3 Å². The maximum Gasteiger partial charge on any atom is 0.256 e. The second kappa shape index (κ2) is 7.85. The molecule has 0 bridgehead atoms. The number of carbonyl (C=O) groups excluding carboxylic acids is 2. The zero-order chi connectivity index (χ0) is 21.5. The first-order valence-electron chi connectivity index (χ1n) is 10.1. The first kappa shape index (κ1) is 20.6. The van der Waals surface area contributed by atoms with Crippen molar-refractivity contribution < 1.29 is 18.0 Å². The van der Waals surface area contributed by atoms with Crippen LogP contribution in [0.5, 0.6) is 0 Å². The Hall–Kier alpha value is -2.71. The van der Waals surface area contributed by atoms with Gasteiger partial charge in [0.25, 0.3) is 5.91 Å².